The molecule has 1 heterocycles. The molecule has 1 rings (SSSR count). The van der Waals surface area contributed by atoms with Gasteiger partial charge in [0.15, 0.2) is 13.6 Å². The Hall–Kier alpha value is -0.165. The van der Waals surface area contributed by atoms with Gasteiger partial charge in [-0.2, -0.15) is 0 Å². The SMILES string of the molecule is B[C@]1(F)O[C@H](CO)C(OC)[C@@H]1O. The third-order valence-electron chi connectivity index (χ3n) is 2.04. The van der Waals surface area contributed by atoms with Crippen LogP contribution in [0.15, 0.2) is 0 Å². The highest BCUT2D eigenvalue weighted by molar-refractivity contribution is 6.14. The lowest BCUT2D eigenvalue weighted by molar-refractivity contribution is -0.117. The molecule has 0 radical (unpaired) electrons. The van der Waals surface area contributed by atoms with E-state index >= 15 is 0 Å². The minimum atomic E-state index is -2.13. The average Bonchev–Trinajstić information content (AvgIpc) is 2.24. The van der Waals surface area contributed by atoms with Crippen molar-refractivity contribution >= 4 is 7.85 Å². The van der Waals surface area contributed by atoms with Crippen LogP contribution >= 0.6 is 0 Å². The van der Waals surface area contributed by atoms with Gasteiger partial charge in [-0.05, 0) is 0 Å². The van der Waals surface area contributed by atoms with Gasteiger partial charge in [-0.1, -0.05) is 0 Å². The van der Waals surface area contributed by atoms with Crippen molar-refractivity contribution in [2.45, 2.75) is 24.1 Å². The molecule has 1 saturated heterocycles. The topological polar surface area (TPSA) is 58.9 Å². The van der Waals surface area contributed by atoms with Gasteiger partial charge in [0.1, 0.15) is 18.3 Å². The maximum Gasteiger partial charge on any atom is 0.195 e. The summed E-state index contributed by atoms with van der Waals surface area (Å²) in [5.41, 5.74) is 0. The molecule has 4 atom stereocenters. The molecule has 4 nitrogen and oxygen atoms in total. The van der Waals surface area contributed by atoms with Crippen molar-refractivity contribution in [1.82, 2.24) is 0 Å². The van der Waals surface area contributed by atoms with Gasteiger partial charge in [-0.3, -0.25) is 0 Å². The summed E-state index contributed by atoms with van der Waals surface area (Å²) >= 11 is 0. The summed E-state index contributed by atoms with van der Waals surface area (Å²) < 4.78 is 22.7. The standard InChI is InChI=1S/C6H12BFO4/c1-11-4-3(2-9)12-6(7,8)5(4)10/h3-5,9-10H,2,7H2,1H3/t3-,4?,5+,6-/m1/s1. The van der Waals surface area contributed by atoms with Crippen LogP contribution in [0.5, 0.6) is 0 Å². The van der Waals surface area contributed by atoms with Crippen molar-refractivity contribution in [1.29, 1.82) is 0 Å². The monoisotopic (exact) mass is 178 g/mol. The number of ether oxygens (including phenoxy) is 2. The Morgan fingerprint density at radius 3 is 2.67 bits per heavy atom. The molecule has 1 fully saturated rings. The largest absolute Gasteiger partial charge is 0.394 e. The van der Waals surface area contributed by atoms with Crippen LogP contribution in [0.25, 0.3) is 0 Å². The van der Waals surface area contributed by atoms with Crippen molar-refractivity contribution < 1.29 is 24.1 Å². The number of rotatable bonds is 2. The van der Waals surface area contributed by atoms with Crippen LogP contribution in [0.2, 0.25) is 0 Å². The van der Waals surface area contributed by atoms with Crippen LogP contribution in [0.1, 0.15) is 0 Å². The minimum Gasteiger partial charge on any atom is -0.394 e. The van der Waals surface area contributed by atoms with E-state index in [2.05, 4.69) is 0 Å². The quantitative estimate of drug-likeness (QED) is 0.480. The van der Waals surface area contributed by atoms with E-state index in [1.54, 1.807) is 0 Å². The fourth-order valence-corrected chi connectivity index (χ4v) is 1.35. The van der Waals surface area contributed by atoms with Gasteiger partial charge < -0.3 is 19.7 Å². The van der Waals surface area contributed by atoms with Gasteiger partial charge in [0.05, 0.1) is 6.61 Å². The molecule has 0 aromatic rings. The highest BCUT2D eigenvalue weighted by Crippen LogP contribution is 2.31. The predicted octanol–water partition coefficient (Wildman–Crippen LogP) is -1.99. The van der Waals surface area contributed by atoms with Crippen LogP contribution in [0.3, 0.4) is 0 Å². The Kier molecular flexibility index (Phi) is 2.72. The number of aliphatic hydroxyl groups excluding tert-OH is 2. The predicted molar refractivity (Wildman–Crippen MR) is 41.1 cm³/mol. The first-order valence-electron chi connectivity index (χ1n) is 3.71. The Labute approximate surface area is 70.7 Å². The molecule has 0 amide bonds. The van der Waals surface area contributed by atoms with E-state index < -0.39 is 24.1 Å². The second-order valence-corrected chi connectivity index (χ2v) is 2.97. The van der Waals surface area contributed by atoms with Crippen LogP contribution in [-0.2, 0) is 9.47 Å². The fourth-order valence-electron chi connectivity index (χ4n) is 1.35. The molecule has 0 bridgehead atoms. The Balaban J connectivity index is 2.72. The summed E-state index contributed by atoms with van der Waals surface area (Å²) in [5.74, 6) is -2.13. The summed E-state index contributed by atoms with van der Waals surface area (Å²) in [7, 11) is 2.45. The molecule has 0 aliphatic carbocycles. The number of aliphatic hydroxyl groups is 2. The first kappa shape index (κ1) is 9.92. The molecular formula is C6H12BFO4. The fraction of sp³-hybridized carbons (Fsp3) is 1.00. The van der Waals surface area contributed by atoms with Crippen molar-refractivity contribution in [3.63, 3.8) is 0 Å². The molecule has 1 unspecified atom stereocenters. The van der Waals surface area contributed by atoms with E-state index in [-0.39, 0.29) is 6.61 Å². The summed E-state index contributed by atoms with van der Waals surface area (Å²) in [5, 5.41) is 18.0. The lowest BCUT2D eigenvalue weighted by Crippen LogP contribution is -2.40. The van der Waals surface area contributed by atoms with Crippen LogP contribution in [0.4, 0.5) is 4.39 Å². The van der Waals surface area contributed by atoms with Crippen molar-refractivity contribution in [3.05, 3.63) is 0 Å². The molecule has 6 heteroatoms. The molecule has 12 heavy (non-hydrogen) atoms. The van der Waals surface area contributed by atoms with Crippen molar-refractivity contribution in [2.24, 2.45) is 0 Å². The van der Waals surface area contributed by atoms with Crippen molar-refractivity contribution in [2.75, 3.05) is 13.7 Å². The lowest BCUT2D eigenvalue weighted by atomic mass is 9.90. The van der Waals surface area contributed by atoms with Crippen LogP contribution in [0, 0.1) is 0 Å². The maximum absolute atomic E-state index is 13.2. The average molecular weight is 178 g/mol. The number of hydrogen-bond donors (Lipinski definition) is 2. The number of hydrogen-bond acceptors (Lipinski definition) is 4. The Morgan fingerprint density at radius 1 is 1.75 bits per heavy atom. The van der Waals surface area contributed by atoms with E-state index in [0.29, 0.717) is 0 Å². The van der Waals surface area contributed by atoms with Crippen LogP contribution < -0.4 is 0 Å². The maximum atomic E-state index is 13.2. The van der Waals surface area contributed by atoms with E-state index in [9.17, 15) is 9.50 Å². The molecule has 0 aromatic heterocycles. The Morgan fingerprint density at radius 2 is 2.33 bits per heavy atom. The molecule has 0 aromatic carbocycles. The molecule has 1 aliphatic heterocycles. The van der Waals surface area contributed by atoms with Gasteiger partial charge in [0.2, 0.25) is 0 Å². The zero-order chi connectivity index (χ0) is 9.35. The van der Waals surface area contributed by atoms with Gasteiger partial charge in [-0.25, -0.2) is 4.39 Å². The zero-order valence-corrected chi connectivity index (χ0v) is 7.03. The number of halogens is 1. The van der Waals surface area contributed by atoms with E-state index in [4.69, 9.17) is 14.6 Å². The first-order chi connectivity index (χ1) is 5.53. The second-order valence-electron chi connectivity index (χ2n) is 2.97. The Bertz CT molecular complexity index is 166. The highest BCUT2D eigenvalue weighted by Gasteiger charge is 2.51. The van der Waals surface area contributed by atoms with Crippen LogP contribution in [-0.4, -0.2) is 55.8 Å². The second kappa shape index (κ2) is 3.29. The van der Waals surface area contributed by atoms with Gasteiger partial charge in [0.25, 0.3) is 0 Å². The van der Waals surface area contributed by atoms with E-state index in [0.717, 1.165) is 7.85 Å². The number of alkyl halides is 1. The highest BCUT2D eigenvalue weighted by atomic mass is 19.2. The third kappa shape index (κ3) is 1.47. The van der Waals surface area contributed by atoms with Crippen molar-refractivity contribution in [3.8, 4) is 0 Å². The lowest BCUT2D eigenvalue weighted by Gasteiger charge is -2.18. The molecule has 0 spiro atoms. The zero-order valence-electron chi connectivity index (χ0n) is 7.03. The van der Waals surface area contributed by atoms with E-state index in [1.807, 2.05) is 0 Å². The third-order valence-corrected chi connectivity index (χ3v) is 2.04. The summed E-state index contributed by atoms with van der Waals surface area (Å²) in [6, 6.07) is 0. The van der Waals surface area contributed by atoms with Gasteiger partial charge in [0, 0.05) is 7.11 Å². The summed E-state index contributed by atoms with van der Waals surface area (Å²) in [6.07, 6.45) is -2.94. The molecule has 0 saturated carbocycles. The minimum absolute atomic E-state index is 0.366. The normalized spacial score (nSPS) is 48.2. The molecule has 1 aliphatic rings. The summed E-state index contributed by atoms with van der Waals surface area (Å²) in [4.78, 5) is 0. The molecule has 70 valence electrons. The molecular weight excluding hydrogens is 166 g/mol. The van der Waals surface area contributed by atoms with Gasteiger partial charge in [-0.15, -0.1) is 0 Å². The smallest absolute Gasteiger partial charge is 0.195 e. The first-order valence-corrected chi connectivity index (χ1v) is 3.71. The van der Waals surface area contributed by atoms with E-state index in [1.165, 1.54) is 7.11 Å². The van der Waals surface area contributed by atoms with Gasteiger partial charge >= 0.3 is 0 Å². The number of methoxy groups -OCH3 is 1. The molecule has 2 N–H and O–H groups in total. The summed E-state index contributed by atoms with van der Waals surface area (Å²) in [6.45, 7) is -0.366.